The number of thiophene rings is 1. The van der Waals surface area contributed by atoms with Gasteiger partial charge in [0.1, 0.15) is 12.4 Å². The normalized spacial score (nSPS) is 11.3. The Morgan fingerprint density at radius 2 is 1.93 bits per heavy atom. The molecule has 0 aliphatic rings. The van der Waals surface area contributed by atoms with Crippen molar-refractivity contribution in [2.75, 3.05) is 5.32 Å². The molecule has 0 aliphatic heterocycles. The van der Waals surface area contributed by atoms with Gasteiger partial charge >= 0.3 is 6.18 Å². The van der Waals surface area contributed by atoms with Gasteiger partial charge in [-0.25, -0.2) is 0 Å². The van der Waals surface area contributed by atoms with Crippen LogP contribution >= 0.6 is 22.9 Å². The first kappa shape index (κ1) is 20.2. The Kier molecular flexibility index (Phi) is 5.96. The number of para-hydroxylation sites is 1. The fourth-order valence-electron chi connectivity index (χ4n) is 2.43. The van der Waals surface area contributed by atoms with E-state index in [-0.39, 0.29) is 17.3 Å². The third-order valence-corrected chi connectivity index (χ3v) is 5.21. The van der Waals surface area contributed by atoms with E-state index in [0.29, 0.717) is 4.88 Å². The van der Waals surface area contributed by atoms with Crippen LogP contribution in [0.1, 0.15) is 26.4 Å². The van der Waals surface area contributed by atoms with Gasteiger partial charge in [0.25, 0.3) is 5.91 Å². The van der Waals surface area contributed by atoms with Crippen molar-refractivity contribution < 1.29 is 22.7 Å². The first-order valence-electron chi connectivity index (χ1n) is 8.18. The molecule has 28 heavy (non-hydrogen) atoms. The predicted octanol–water partition coefficient (Wildman–Crippen LogP) is 6.56. The first-order valence-corrected chi connectivity index (χ1v) is 9.44. The lowest BCUT2D eigenvalue weighted by Gasteiger charge is -2.11. The molecule has 3 aromatic rings. The van der Waals surface area contributed by atoms with Crippen LogP contribution in [0, 0.1) is 6.92 Å². The second-order valence-electron chi connectivity index (χ2n) is 6.02. The summed E-state index contributed by atoms with van der Waals surface area (Å²) in [6.07, 6.45) is -4.52. The summed E-state index contributed by atoms with van der Waals surface area (Å²) < 4.78 is 44.3. The van der Waals surface area contributed by atoms with Gasteiger partial charge in [0.05, 0.1) is 21.2 Å². The summed E-state index contributed by atoms with van der Waals surface area (Å²) in [5.74, 6) is 0.212. The highest BCUT2D eigenvalue weighted by molar-refractivity contribution is 7.12. The minimum absolute atomic E-state index is 0.0287. The molecule has 0 atom stereocenters. The van der Waals surface area contributed by atoms with Crippen molar-refractivity contribution in [2.45, 2.75) is 19.7 Å². The van der Waals surface area contributed by atoms with Gasteiger partial charge in [0.2, 0.25) is 0 Å². The standard InChI is InChI=1S/C20H15ClF3NO2S/c1-12-4-2-3-5-17(12)27-10-13-8-18(28-11-13)19(26)25-16-9-14(20(22,23)24)6-7-15(16)21/h2-9,11H,10H2,1H3,(H,25,26). The van der Waals surface area contributed by atoms with Crippen LogP contribution in [0.3, 0.4) is 0 Å². The molecular formula is C20H15ClF3NO2S. The third-order valence-electron chi connectivity index (χ3n) is 3.91. The van der Waals surface area contributed by atoms with E-state index in [9.17, 15) is 18.0 Å². The number of ether oxygens (including phenoxy) is 1. The van der Waals surface area contributed by atoms with Gasteiger partial charge < -0.3 is 10.1 Å². The van der Waals surface area contributed by atoms with E-state index < -0.39 is 17.6 Å². The molecule has 0 bridgehead atoms. The number of hydrogen-bond acceptors (Lipinski definition) is 3. The summed E-state index contributed by atoms with van der Waals surface area (Å²) >= 11 is 7.09. The molecule has 1 N–H and O–H groups in total. The maximum absolute atomic E-state index is 12.8. The average Bonchev–Trinajstić information content (AvgIpc) is 3.11. The number of nitrogens with one attached hydrogen (secondary N) is 1. The number of halogens is 4. The number of carbonyl (C=O) groups is 1. The Morgan fingerprint density at radius 1 is 1.18 bits per heavy atom. The van der Waals surface area contributed by atoms with Crippen LogP contribution in [0.4, 0.5) is 18.9 Å². The fourth-order valence-corrected chi connectivity index (χ4v) is 3.39. The Balaban J connectivity index is 1.68. The van der Waals surface area contributed by atoms with Crippen LogP contribution in [0.2, 0.25) is 5.02 Å². The molecule has 2 aromatic carbocycles. The number of amides is 1. The quantitative estimate of drug-likeness (QED) is 0.502. The molecule has 3 rings (SSSR count). The summed E-state index contributed by atoms with van der Waals surface area (Å²) in [6.45, 7) is 2.21. The number of anilines is 1. The van der Waals surface area contributed by atoms with Gasteiger partial charge in [-0.05, 0) is 48.2 Å². The molecule has 0 radical (unpaired) electrons. The molecule has 8 heteroatoms. The fraction of sp³-hybridized carbons (Fsp3) is 0.150. The van der Waals surface area contributed by atoms with Gasteiger partial charge in [-0.15, -0.1) is 11.3 Å². The lowest BCUT2D eigenvalue weighted by atomic mass is 10.2. The number of benzene rings is 2. The van der Waals surface area contributed by atoms with E-state index in [1.54, 1.807) is 11.4 Å². The largest absolute Gasteiger partial charge is 0.489 e. The van der Waals surface area contributed by atoms with E-state index >= 15 is 0 Å². The topological polar surface area (TPSA) is 38.3 Å². The van der Waals surface area contributed by atoms with Crippen LogP contribution in [-0.2, 0) is 12.8 Å². The SMILES string of the molecule is Cc1ccccc1OCc1csc(C(=O)Nc2cc(C(F)(F)F)ccc2Cl)c1. The van der Waals surface area contributed by atoms with Crippen molar-refractivity contribution in [3.05, 3.63) is 80.5 Å². The van der Waals surface area contributed by atoms with Crippen LogP contribution in [-0.4, -0.2) is 5.91 Å². The lowest BCUT2D eigenvalue weighted by Crippen LogP contribution is -2.12. The zero-order valence-corrected chi connectivity index (χ0v) is 16.2. The molecule has 1 amide bonds. The predicted molar refractivity (Wildman–Crippen MR) is 104 cm³/mol. The van der Waals surface area contributed by atoms with Crippen LogP contribution in [0.5, 0.6) is 5.75 Å². The number of hydrogen-bond donors (Lipinski definition) is 1. The van der Waals surface area contributed by atoms with Crippen LogP contribution in [0.25, 0.3) is 0 Å². The number of carbonyl (C=O) groups excluding carboxylic acids is 1. The van der Waals surface area contributed by atoms with Crippen molar-refractivity contribution in [3.63, 3.8) is 0 Å². The molecule has 1 aromatic heterocycles. The number of aryl methyl sites for hydroxylation is 1. The monoisotopic (exact) mass is 425 g/mol. The Labute approximate surface area is 168 Å². The molecule has 0 saturated carbocycles. The van der Waals surface area contributed by atoms with E-state index in [0.717, 1.165) is 35.1 Å². The van der Waals surface area contributed by atoms with Gasteiger partial charge in [-0.1, -0.05) is 29.8 Å². The molecule has 0 aliphatic carbocycles. The van der Waals surface area contributed by atoms with Crippen molar-refractivity contribution in [2.24, 2.45) is 0 Å². The molecule has 3 nitrogen and oxygen atoms in total. The smallest absolute Gasteiger partial charge is 0.416 e. The summed E-state index contributed by atoms with van der Waals surface area (Å²) in [5, 5.41) is 4.23. The van der Waals surface area contributed by atoms with Gasteiger partial charge in [-0.3, -0.25) is 4.79 Å². The van der Waals surface area contributed by atoms with Crippen molar-refractivity contribution >= 4 is 34.5 Å². The number of rotatable bonds is 5. The van der Waals surface area contributed by atoms with E-state index in [1.165, 1.54) is 11.3 Å². The minimum atomic E-state index is -4.52. The Morgan fingerprint density at radius 3 is 2.64 bits per heavy atom. The summed E-state index contributed by atoms with van der Waals surface area (Å²) in [7, 11) is 0. The van der Waals surface area contributed by atoms with Crippen molar-refractivity contribution in [3.8, 4) is 5.75 Å². The zero-order chi connectivity index (χ0) is 20.3. The van der Waals surface area contributed by atoms with Crippen molar-refractivity contribution in [1.29, 1.82) is 0 Å². The van der Waals surface area contributed by atoms with Crippen LogP contribution < -0.4 is 10.1 Å². The molecule has 0 saturated heterocycles. The van der Waals surface area contributed by atoms with Gasteiger partial charge in [0.15, 0.2) is 0 Å². The highest BCUT2D eigenvalue weighted by atomic mass is 35.5. The third kappa shape index (κ3) is 4.85. The maximum atomic E-state index is 12.8. The van der Waals surface area contributed by atoms with Crippen molar-refractivity contribution in [1.82, 2.24) is 0 Å². The molecular weight excluding hydrogens is 411 g/mol. The van der Waals surface area contributed by atoms with E-state index in [4.69, 9.17) is 16.3 Å². The first-order chi connectivity index (χ1) is 13.2. The average molecular weight is 426 g/mol. The minimum Gasteiger partial charge on any atom is -0.489 e. The van der Waals surface area contributed by atoms with E-state index in [1.807, 2.05) is 31.2 Å². The van der Waals surface area contributed by atoms with Crippen LogP contribution in [0.15, 0.2) is 53.9 Å². The molecule has 146 valence electrons. The summed E-state index contributed by atoms with van der Waals surface area (Å²) in [4.78, 5) is 12.7. The summed E-state index contributed by atoms with van der Waals surface area (Å²) in [6, 6.07) is 12.0. The Hall–Kier alpha value is -2.51. The maximum Gasteiger partial charge on any atom is 0.416 e. The highest BCUT2D eigenvalue weighted by Gasteiger charge is 2.31. The Bertz CT molecular complexity index is 1000. The van der Waals surface area contributed by atoms with Gasteiger partial charge in [0, 0.05) is 5.56 Å². The molecule has 0 fully saturated rings. The zero-order valence-electron chi connectivity index (χ0n) is 14.6. The molecule has 0 unspecified atom stereocenters. The second kappa shape index (κ2) is 8.24. The second-order valence-corrected chi connectivity index (χ2v) is 7.34. The van der Waals surface area contributed by atoms with E-state index in [2.05, 4.69) is 5.32 Å². The van der Waals surface area contributed by atoms with Gasteiger partial charge in [-0.2, -0.15) is 13.2 Å². The number of alkyl halides is 3. The highest BCUT2D eigenvalue weighted by Crippen LogP contribution is 2.34. The lowest BCUT2D eigenvalue weighted by molar-refractivity contribution is -0.137. The summed E-state index contributed by atoms with van der Waals surface area (Å²) in [5.41, 5.74) is 0.807. The molecule has 1 heterocycles. The molecule has 0 spiro atoms.